The maximum Gasteiger partial charge on any atom is 0.209 e. The van der Waals surface area contributed by atoms with Gasteiger partial charge < -0.3 is 9.47 Å². The smallest absolute Gasteiger partial charge is 0.209 e. The summed E-state index contributed by atoms with van der Waals surface area (Å²) < 4.78 is 4.63. The van der Waals surface area contributed by atoms with Gasteiger partial charge in [-0.3, -0.25) is 0 Å². The number of aromatic nitrogens is 1. The molecular formula is C25H28N3+. The van der Waals surface area contributed by atoms with Crippen LogP contribution in [0.3, 0.4) is 0 Å². The van der Waals surface area contributed by atoms with Crippen LogP contribution in [0.2, 0.25) is 0 Å². The van der Waals surface area contributed by atoms with E-state index in [4.69, 9.17) is 0 Å². The van der Waals surface area contributed by atoms with Crippen LogP contribution in [0.1, 0.15) is 22.5 Å². The first kappa shape index (κ1) is 18.3. The molecule has 28 heavy (non-hydrogen) atoms. The lowest BCUT2D eigenvalue weighted by Gasteiger charge is -2.12. The third-order valence-corrected chi connectivity index (χ3v) is 5.68. The van der Waals surface area contributed by atoms with Crippen LogP contribution < -0.4 is 4.90 Å². The summed E-state index contributed by atoms with van der Waals surface area (Å²) in [5.74, 6) is 0. The molecule has 0 bridgehead atoms. The average Bonchev–Trinajstić information content (AvgIpc) is 3.16. The average molecular weight is 371 g/mol. The summed E-state index contributed by atoms with van der Waals surface area (Å²) in [6, 6.07) is 19.5. The van der Waals surface area contributed by atoms with Gasteiger partial charge >= 0.3 is 0 Å². The highest BCUT2D eigenvalue weighted by Crippen LogP contribution is 2.30. The van der Waals surface area contributed by atoms with Gasteiger partial charge in [0.25, 0.3) is 0 Å². The van der Waals surface area contributed by atoms with E-state index in [1.807, 2.05) is 0 Å². The summed E-state index contributed by atoms with van der Waals surface area (Å²) in [5, 5.41) is 0. The lowest BCUT2D eigenvalue weighted by Crippen LogP contribution is -2.08. The fourth-order valence-corrected chi connectivity index (χ4v) is 4.07. The summed E-state index contributed by atoms with van der Waals surface area (Å²) in [6.45, 7) is 4.37. The third kappa shape index (κ3) is 3.18. The lowest BCUT2D eigenvalue weighted by atomic mass is 10.1. The number of benzene rings is 2. The van der Waals surface area contributed by atoms with Crippen molar-refractivity contribution in [2.75, 3.05) is 26.0 Å². The molecule has 0 radical (unpaired) electrons. The fourth-order valence-electron chi connectivity index (χ4n) is 4.07. The highest BCUT2D eigenvalue weighted by molar-refractivity contribution is 5.99. The Kier molecular flexibility index (Phi) is 4.68. The normalized spacial score (nSPS) is 13.5. The Hall–Kier alpha value is -3.07. The first-order valence-electron chi connectivity index (χ1n) is 9.78. The molecule has 3 heteroatoms. The zero-order valence-electron chi connectivity index (χ0n) is 17.4. The van der Waals surface area contributed by atoms with Crippen molar-refractivity contribution in [1.82, 2.24) is 4.57 Å². The van der Waals surface area contributed by atoms with Crippen molar-refractivity contribution in [3.8, 4) is 5.69 Å². The molecule has 0 spiro atoms. The molecule has 3 aromatic rings. The molecule has 0 amide bonds. The molecule has 2 heterocycles. The number of fused-ring (bicyclic) bond motifs is 1. The number of hydrogen-bond donors (Lipinski definition) is 0. The molecular weight excluding hydrogens is 342 g/mol. The molecule has 4 rings (SSSR count). The number of nitrogens with zero attached hydrogens (tertiary/aromatic N) is 3. The monoisotopic (exact) mass is 370 g/mol. The molecule has 1 aliphatic rings. The van der Waals surface area contributed by atoms with Crippen molar-refractivity contribution in [2.45, 2.75) is 20.3 Å². The highest BCUT2D eigenvalue weighted by Gasteiger charge is 2.25. The van der Waals surface area contributed by atoms with Crippen molar-refractivity contribution in [3.05, 3.63) is 83.2 Å². The van der Waals surface area contributed by atoms with Crippen LogP contribution in [0.15, 0.2) is 60.7 Å². The Morgan fingerprint density at radius 1 is 0.964 bits per heavy atom. The molecule has 3 nitrogen and oxygen atoms in total. The molecule has 0 unspecified atom stereocenters. The van der Waals surface area contributed by atoms with E-state index in [0.717, 1.165) is 6.42 Å². The second-order valence-corrected chi connectivity index (χ2v) is 7.77. The number of hydrogen-bond acceptors (Lipinski definition) is 1. The van der Waals surface area contributed by atoms with E-state index in [0.29, 0.717) is 0 Å². The summed E-state index contributed by atoms with van der Waals surface area (Å²) in [4.78, 5) is 2.16. The van der Waals surface area contributed by atoms with Crippen LogP contribution in [0.4, 0.5) is 11.4 Å². The van der Waals surface area contributed by atoms with E-state index in [9.17, 15) is 0 Å². The summed E-state index contributed by atoms with van der Waals surface area (Å²) in [7, 11) is 6.34. The number of para-hydroxylation sites is 1. The van der Waals surface area contributed by atoms with Gasteiger partial charge in [0.1, 0.15) is 7.05 Å². The van der Waals surface area contributed by atoms with Crippen LogP contribution >= 0.6 is 0 Å². The predicted molar refractivity (Wildman–Crippen MR) is 120 cm³/mol. The lowest BCUT2D eigenvalue weighted by molar-refractivity contribution is -0.400. The van der Waals surface area contributed by atoms with Gasteiger partial charge in [0, 0.05) is 54.6 Å². The molecule has 142 valence electrons. The first-order valence-corrected chi connectivity index (χ1v) is 9.78. The number of aryl methyl sites for hydroxylation is 1. The Morgan fingerprint density at radius 3 is 2.43 bits per heavy atom. The van der Waals surface area contributed by atoms with Gasteiger partial charge in [-0.25, -0.2) is 0 Å². The molecule has 0 fully saturated rings. The molecule has 0 atom stereocenters. The van der Waals surface area contributed by atoms with Crippen molar-refractivity contribution in [3.63, 3.8) is 0 Å². The predicted octanol–water partition coefficient (Wildman–Crippen LogP) is 5.14. The Balaban J connectivity index is 1.63. The van der Waals surface area contributed by atoms with Gasteiger partial charge in [0.15, 0.2) is 5.71 Å². The second-order valence-electron chi connectivity index (χ2n) is 7.77. The molecule has 2 aromatic carbocycles. The van der Waals surface area contributed by atoms with Gasteiger partial charge in [-0.15, -0.1) is 0 Å². The molecule has 1 aliphatic heterocycles. The van der Waals surface area contributed by atoms with E-state index < -0.39 is 0 Å². The van der Waals surface area contributed by atoms with Crippen molar-refractivity contribution < 1.29 is 4.58 Å². The van der Waals surface area contributed by atoms with Crippen molar-refractivity contribution >= 4 is 23.2 Å². The summed E-state index contributed by atoms with van der Waals surface area (Å²) >= 11 is 0. The zero-order valence-corrected chi connectivity index (χ0v) is 17.4. The topological polar surface area (TPSA) is 11.2 Å². The van der Waals surface area contributed by atoms with Crippen molar-refractivity contribution in [1.29, 1.82) is 0 Å². The standard InChI is InChI=1S/C25H28N3/c1-18-15-20(19(2)28(18)22-9-7-6-8-10-22)11-12-24-17-21-16-23(26(3)4)13-14-25(21)27(24)5/h6-16H,17H2,1-5H3/q+1. The van der Waals surface area contributed by atoms with Crippen LogP contribution in [-0.2, 0) is 6.42 Å². The summed E-state index contributed by atoms with van der Waals surface area (Å²) in [6.07, 6.45) is 5.50. The number of anilines is 1. The maximum atomic E-state index is 2.32. The minimum atomic E-state index is 0.974. The van der Waals surface area contributed by atoms with Gasteiger partial charge in [0.05, 0.1) is 6.42 Å². The fraction of sp³-hybridized carbons (Fsp3) is 0.240. The number of allylic oxidation sites excluding steroid dienone is 1. The van der Waals surface area contributed by atoms with Crippen molar-refractivity contribution in [2.24, 2.45) is 0 Å². The van der Waals surface area contributed by atoms with Gasteiger partial charge in [-0.05, 0) is 55.8 Å². The van der Waals surface area contributed by atoms with Crippen LogP contribution in [0.5, 0.6) is 0 Å². The minimum absolute atomic E-state index is 0.974. The van der Waals surface area contributed by atoms with Crippen LogP contribution in [0, 0.1) is 13.8 Å². The maximum absolute atomic E-state index is 2.32. The van der Waals surface area contributed by atoms with E-state index in [1.54, 1.807) is 0 Å². The SMILES string of the molecule is Cc1cc(/C=C/C2=[N+](C)c3ccc(N(C)C)cc3C2)c(C)n1-c1ccccc1. The minimum Gasteiger partial charge on any atom is -0.378 e. The largest absolute Gasteiger partial charge is 0.378 e. The van der Waals surface area contributed by atoms with Gasteiger partial charge in [-0.2, -0.15) is 4.58 Å². The van der Waals surface area contributed by atoms with E-state index in [1.165, 1.54) is 45.3 Å². The zero-order chi connectivity index (χ0) is 19.8. The molecule has 1 aromatic heterocycles. The highest BCUT2D eigenvalue weighted by atomic mass is 15.1. The third-order valence-electron chi connectivity index (χ3n) is 5.68. The van der Waals surface area contributed by atoms with Crippen LogP contribution in [-0.4, -0.2) is 36.0 Å². The van der Waals surface area contributed by atoms with E-state index in [-0.39, 0.29) is 0 Å². The van der Waals surface area contributed by atoms with Gasteiger partial charge in [-0.1, -0.05) is 18.2 Å². The Labute approximate surface area is 167 Å². The summed E-state index contributed by atoms with van der Waals surface area (Å²) in [5.41, 5.74) is 10.3. The molecule has 0 saturated heterocycles. The Morgan fingerprint density at radius 2 is 1.71 bits per heavy atom. The quantitative estimate of drug-likeness (QED) is 0.579. The molecule has 0 N–H and O–H groups in total. The first-order chi connectivity index (χ1) is 13.5. The number of rotatable bonds is 4. The molecule has 0 aliphatic carbocycles. The van der Waals surface area contributed by atoms with E-state index in [2.05, 4.69) is 116 Å². The Bertz CT molecular complexity index is 1080. The van der Waals surface area contributed by atoms with Gasteiger partial charge in [0.2, 0.25) is 5.69 Å². The second kappa shape index (κ2) is 7.16. The van der Waals surface area contributed by atoms with E-state index >= 15 is 0 Å². The molecule has 0 saturated carbocycles. The van der Waals surface area contributed by atoms with Crippen LogP contribution in [0.25, 0.3) is 11.8 Å².